The molecule has 4 rings (SSSR count). The summed E-state index contributed by atoms with van der Waals surface area (Å²) in [6.07, 6.45) is 1.42. The van der Waals surface area contributed by atoms with Crippen LogP contribution in [0.5, 0.6) is 0 Å². The first-order valence-electron chi connectivity index (χ1n) is 8.89. The second kappa shape index (κ2) is 7.82. The molecule has 1 unspecified atom stereocenters. The molecule has 0 radical (unpaired) electrons. The summed E-state index contributed by atoms with van der Waals surface area (Å²) in [6, 6.07) is 0. The summed E-state index contributed by atoms with van der Waals surface area (Å²) in [4.78, 5) is 29.8. The van der Waals surface area contributed by atoms with Crippen molar-refractivity contribution in [3.8, 4) is 0 Å². The van der Waals surface area contributed by atoms with Crippen LogP contribution in [0.2, 0.25) is 0 Å². The Kier molecular flexibility index (Phi) is 5.27. The van der Waals surface area contributed by atoms with Crippen molar-refractivity contribution in [3.05, 3.63) is 16.7 Å². The third kappa shape index (κ3) is 3.77. The number of aromatic amines is 1. The number of morpholine rings is 1. The predicted octanol–water partition coefficient (Wildman–Crippen LogP) is -1.21. The minimum absolute atomic E-state index is 0.174. The van der Waals surface area contributed by atoms with Gasteiger partial charge in [-0.1, -0.05) is 0 Å². The quantitative estimate of drug-likeness (QED) is 0.551. The van der Waals surface area contributed by atoms with Crippen LogP contribution in [0.15, 0.2) is 16.1 Å². The van der Waals surface area contributed by atoms with Gasteiger partial charge in [0.25, 0.3) is 5.56 Å². The van der Waals surface area contributed by atoms with E-state index in [0.29, 0.717) is 25.4 Å². The van der Waals surface area contributed by atoms with Crippen molar-refractivity contribution in [1.82, 2.24) is 24.4 Å². The van der Waals surface area contributed by atoms with Gasteiger partial charge in [0.2, 0.25) is 5.95 Å². The number of nitrogens with one attached hydrogen (secondary N) is 1. The molecule has 2 saturated heterocycles. The second-order valence-electron chi connectivity index (χ2n) is 6.55. The Labute approximate surface area is 154 Å². The summed E-state index contributed by atoms with van der Waals surface area (Å²) >= 11 is 0. The molecule has 2 aliphatic rings. The molecule has 4 heterocycles. The second-order valence-corrected chi connectivity index (χ2v) is 6.55. The molecule has 0 aliphatic carbocycles. The van der Waals surface area contributed by atoms with Crippen molar-refractivity contribution in [2.45, 2.75) is 24.9 Å². The normalized spacial score (nSPS) is 27.1. The SMILES string of the molecule is O=c1[nH]c(N=CCN2CCOCC2)nc2c1ncn2[C@H]1CC(O)[C@@H](CO)O1. The first kappa shape index (κ1) is 18.2. The molecule has 0 saturated carbocycles. The van der Waals surface area contributed by atoms with E-state index < -0.39 is 24.0 Å². The molecule has 0 aromatic carbocycles. The van der Waals surface area contributed by atoms with Gasteiger partial charge in [-0.2, -0.15) is 4.98 Å². The molecule has 0 amide bonds. The van der Waals surface area contributed by atoms with Gasteiger partial charge in [0.15, 0.2) is 11.2 Å². The van der Waals surface area contributed by atoms with Crippen LogP contribution in [-0.2, 0) is 9.47 Å². The fourth-order valence-electron chi connectivity index (χ4n) is 3.26. The van der Waals surface area contributed by atoms with E-state index in [0.717, 1.165) is 13.1 Å². The van der Waals surface area contributed by atoms with Gasteiger partial charge in [-0.15, -0.1) is 0 Å². The molecule has 11 nitrogen and oxygen atoms in total. The topological polar surface area (TPSA) is 138 Å². The zero-order valence-corrected chi connectivity index (χ0v) is 14.7. The Morgan fingerprint density at radius 3 is 2.96 bits per heavy atom. The van der Waals surface area contributed by atoms with Crippen LogP contribution in [0, 0.1) is 0 Å². The monoisotopic (exact) mass is 378 g/mol. The number of aliphatic hydroxyl groups is 2. The standard InChI is InChI=1S/C16H22N6O5/c23-8-11-10(24)7-12(27-11)22-9-18-13-14(22)19-16(20-15(13)25)17-1-2-21-3-5-26-6-4-21/h1,9-12,23-24H,2-8H2,(H,19,20,25)/t10?,11-,12-/m1/s1. The highest BCUT2D eigenvalue weighted by Gasteiger charge is 2.35. The summed E-state index contributed by atoms with van der Waals surface area (Å²) in [5.74, 6) is 0.180. The number of fused-ring (bicyclic) bond motifs is 1. The molecular weight excluding hydrogens is 356 g/mol. The van der Waals surface area contributed by atoms with Crippen LogP contribution in [0.25, 0.3) is 11.2 Å². The van der Waals surface area contributed by atoms with E-state index in [-0.39, 0.29) is 24.5 Å². The average molecular weight is 378 g/mol. The van der Waals surface area contributed by atoms with Crippen molar-refractivity contribution in [2.24, 2.45) is 4.99 Å². The zero-order valence-electron chi connectivity index (χ0n) is 14.7. The Bertz CT molecular complexity index is 874. The van der Waals surface area contributed by atoms with E-state index in [1.807, 2.05) is 0 Å². The number of ether oxygens (including phenoxy) is 2. The van der Waals surface area contributed by atoms with Gasteiger partial charge in [-0.3, -0.25) is 19.2 Å². The van der Waals surface area contributed by atoms with Crippen molar-refractivity contribution < 1.29 is 19.7 Å². The molecular formula is C16H22N6O5. The summed E-state index contributed by atoms with van der Waals surface area (Å²) < 4.78 is 12.5. The summed E-state index contributed by atoms with van der Waals surface area (Å²) in [5.41, 5.74) is 0.107. The predicted molar refractivity (Wildman–Crippen MR) is 95.2 cm³/mol. The number of imidazole rings is 1. The third-order valence-corrected chi connectivity index (χ3v) is 4.77. The van der Waals surface area contributed by atoms with Crippen LogP contribution in [0.4, 0.5) is 5.95 Å². The van der Waals surface area contributed by atoms with E-state index in [1.54, 1.807) is 10.8 Å². The van der Waals surface area contributed by atoms with Gasteiger partial charge >= 0.3 is 0 Å². The molecule has 2 aromatic heterocycles. The van der Waals surface area contributed by atoms with Crippen molar-refractivity contribution in [3.63, 3.8) is 0 Å². The lowest BCUT2D eigenvalue weighted by Crippen LogP contribution is -2.37. The third-order valence-electron chi connectivity index (χ3n) is 4.77. The minimum atomic E-state index is -0.787. The van der Waals surface area contributed by atoms with Crippen LogP contribution in [-0.4, -0.2) is 92.5 Å². The van der Waals surface area contributed by atoms with Crippen LogP contribution >= 0.6 is 0 Å². The molecule has 0 bridgehead atoms. The maximum Gasteiger partial charge on any atom is 0.280 e. The van der Waals surface area contributed by atoms with Crippen LogP contribution in [0.3, 0.4) is 0 Å². The maximum absolute atomic E-state index is 12.3. The molecule has 3 N–H and O–H groups in total. The van der Waals surface area contributed by atoms with Gasteiger partial charge in [-0.05, 0) is 0 Å². The highest BCUT2D eigenvalue weighted by atomic mass is 16.5. The van der Waals surface area contributed by atoms with E-state index >= 15 is 0 Å². The molecule has 0 spiro atoms. The van der Waals surface area contributed by atoms with E-state index in [2.05, 4.69) is 24.8 Å². The number of aliphatic hydroxyl groups excluding tert-OH is 2. The van der Waals surface area contributed by atoms with Gasteiger partial charge in [-0.25, -0.2) is 9.98 Å². The number of rotatable bonds is 5. The maximum atomic E-state index is 12.3. The van der Waals surface area contributed by atoms with E-state index in [9.17, 15) is 15.0 Å². The van der Waals surface area contributed by atoms with Crippen molar-refractivity contribution in [2.75, 3.05) is 39.5 Å². The number of aromatic nitrogens is 4. The lowest BCUT2D eigenvalue weighted by atomic mass is 10.2. The zero-order chi connectivity index (χ0) is 18.8. The molecule has 2 aromatic rings. The Hall–Kier alpha value is -2.18. The molecule has 3 atom stereocenters. The van der Waals surface area contributed by atoms with Gasteiger partial charge in [0, 0.05) is 32.3 Å². The Morgan fingerprint density at radius 2 is 2.22 bits per heavy atom. The van der Waals surface area contributed by atoms with E-state index in [4.69, 9.17) is 9.47 Å². The molecule has 2 aliphatic heterocycles. The molecule has 27 heavy (non-hydrogen) atoms. The fourth-order valence-corrected chi connectivity index (χ4v) is 3.26. The summed E-state index contributed by atoms with van der Waals surface area (Å²) in [7, 11) is 0. The smallest absolute Gasteiger partial charge is 0.280 e. The van der Waals surface area contributed by atoms with Crippen LogP contribution < -0.4 is 5.56 Å². The number of hydrogen-bond acceptors (Lipinski definition) is 9. The summed E-state index contributed by atoms with van der Waals surface area (Å²) in [5, 5.41) is 19.2. The average Bonchev–Trinajstić information content (AvgIpc) is 3.26. The van der Waals surface area contributed by atoms with Crippen molar-refractivity contribution >= 4 is 23.3 Å². The minimum Gasteiger partial charge on any atom is -0.394 e. The highest BCUT2D eigenvalue weighted by molar-refractivity contribution is 5.71. The Balaban J connectivity index is 1.56. The molecule has 146 valence electrons. The largest absolute Gasteiger partial charge is 0.394 e. The summed E-state index contributed by atoms with van der Waals surface area (Å²) in [6.45, 7) is 3.45. The molecule has 2 fully saturated rings. The van der Waals surface area contributed by atoms with Crippen LogP contribution in [0.1, 0.15) is 12.6 Å². The van der Waals surface area contributed by atoms with Gasteiger partial charge < -0.3 is 19.7 Å². The first-order chi connectivity index (χ1) is 13.2. The number of aliphatic imine (C=N–C) groups is 1. The number of hydrogen-bond donors (Lipinski definition) is 3. The van der Waals surface area contributed by atoms with Gasteiger partial charge in [0.05, 0.1) is 32.3 Å². The van der Waals surface area contributed by atoms with Crippen molar-refractivity contribution in [1.29, 1.82) is 0 Å². The van der Waals surface area contributed by atoms with Gasteiger partial charge in [0.1, 0.15) is 12.3 Å². The first-order valence-corrected chi connectivity index (χ1v) is 8.89. The lowest BCUT2D eigenvalue weighted by molar-refractivity contribution is -0.0432. The number of nitrogens with zero attached hydrogens (tertiary/aromatic N) is 5. The lowest BCUT2D eigenvalue weighted by Gasteiger charge is -2.24. The Morgan fingerprint density at radius 1 is 1.41 bits per heavy atom. The fraction of sp³-hybridized carbons (Fsp3) is 0.625. The highest BCUT2D eigenvalue weighted by Crippen LogP contribution is 2.30. The van der Waals surface area contributed by atoms with E-state index in [1.165, 1.54) is 6.33 Å². The number of H-pyrrole nitrogens is 1. The molecule has 11 heteroatoms.